The molecular weight excluding hydrogens is 291 g/mol. The Kier molecular flexibility index (Phi) is 4.23. The number of benzene rings is 1. The minimum atomic E-state index is -0.480. The van der Waals surface area contributed by atoms with E-state index in [9.17, 15) is 4.79 Å². The molecule has 0 aliphatic rings. The van der Waals surface area contributed by atoms with Gasteiger partial charge in [0.25, 0.3) is 0 Å². The van der Waals surface area contributed by atoms with Crippen LogP contribution in [0.2, 0.25) is 10.0 Å². The van der Waals surface area contributed by atoms with Crippen molar-refractivity contribution in [1.29, 1.82) is 0 Å². The van der Waals surface area contributed by atoms with Gasteiger partial charge in [0.1, 0.15) is 0 Å². The van der Waals surface area contributed by atoms with Crippen LogP contribution in [0.3, 0.4) is 0 Å². The second-order valence-corrected chi connectivity index (χ2v) is 3.87. The summed E-state index contributed by atoms with van der Waals surface area (Å²) >= 11 is 14.9. The molecule has 0 radical (unpaired) electrons. The summed E-state index contributed by atoms with van der Waals surface area (Å²) in [5.74, 6) is -0.480. The van der Waals surface area contributed by atoms with E-state index in [0.717, 1.165) is 5.56 Å². The van der Waals surface area contributed by atoms with Gasteiger partial charge >= 0.3 is 5.97 Å². The minimum Gasteiger partial charge on any atom is -0.465 e. The van der Waals surface area contributed by atoms with E-state index in [1.165, 1.54) is 7.11 Å². The van der Waals surface area contributed by atoms with Crippen molar-refractivity contribution in [3.8, 4) is 0 Å². The number of halogens is 3. The molecule has 0 N–H and O–H groups in total. The number of esters is 1. The fourth-order valence-corrected chi connectivity index (χ4v) is 1.91. The summed E-state index contributed by atoms with van der Waals surface area (Å²) in [4.78, 5) is 11.4. The second kappa shape index (κ2) is 5.01. The van der Waals surface area contributed by atoms with Crippen LogP contribution in [0, 0.1) is 0 Å². The SMILES string of the molecule is COC(=O)c1c(CBr)ccc(Cl)c1Cl. The third-order valence-corrected chi connectivity index (χ3v) is 3.12. The summed E-state index contributed by atoms with van der Waals surface area (Å²) in [6.45, 7) is 0. The Morgan fingerprint density at radius 1 is 1.50 bits per heavy atom. The van der Waals surface area contributed by atoms with Crippen LogP contribution in [0.5, 0.6) is 0 Å². The Morgan fingerprint density at radius 3 is 2.64 bits per heavy atom. The predicted octanol–water partition coefficient (Wildman–Crippen LogP) is 3.67. The molecule has 14 heavy (non-hydrogen) atoms. The van der Waals surface area contributed by atoms with Crippen LogP contribution in [0.1, 0.15) is 15.9 Å². The molecular formula is C9H7BrCl2O2. The lowest BCUT2D eigenvalue weighted by atomic mass is 10.1. The molecule has 1 aromatic carbocycles. The smallest absolute Gasteiger partial charge is 0.339 e. The van der Waals surface area contributed by atoms with Gasteiger partial charge in [0.05, 0.1) is 22.7 Å². The second-order valence-electron chi connectivity index (χ2n) is 2.52. The standard InChI is InChI=1S/C9H7BrCl2O2/c1-14-9(13)7-5(4-10)2-3-6(11)8(7)12/h2-3H,4H2,1H3. The highest BCUT2D eigenvalue weighted by Crippen LogP contribution is 2.30. The number of methoxy groups -OCH3 is 1. The first-order valence-electron chi connectivity index (χ1n) is 3.73. The monoisotopic (exact) mass is 296 g/mol. The molecule has 1 aromatic rings. The molecule has 0 aromatic heterocycles. The van der Waals surface area contributed by atoms with Gasteiger partial charge in [0.2, 0.25) is 0 Å². The molecule has 0 saturated heterocycles. The van der Waals surface area contributed by atoms with E-state index in [1.807, 2.05) is 0 Å². The molecule has 2 nitrogen and oxygen atoms in total. The predicted molar refractivity (Wildman–Crippen MR) is 60.4 cm³/mol. The maximum Gasteiger partial charge on any atom is 0.339 e. The average Bonchev–Trinajstić information content (AvgIpc) is 2.20. The Morgan fingerprint density at radius 2 is 2.14 bits per heavy atom. The highest BCUT2D eigenvalue weighted by Gasteiger charge is 2.17. The summed E-state index contributed by atoms with van der Waals surface area (Å²) in [6.07, 6.45) is 0. The van der Waals surface area contributed by atoms with E-state index in [1.54, 1.807) is 12.1 Å². The van der Waals surface area contributed by atoms with Crippen LogP contribution in [-0.2, 0) is 10.1 Å². The summed E-state index contributed by atoms with van der Waals surface area (Å²) in [7, 11) is 1.30. The number of carbonyl (C=O) groups excluding carboxylic acids is 1. The molecule has 0 aliphatic heterocycles. The Hall–Kier alpha value is -0.250. The number of rotatable bonds is 2. The van der Waals surface area contributed by atoms with E-state index in [0.29, 0.717) is 15.9 Å². The lowest BCUT2D eigenvalue weighted by Gasteiger charge is -2.08. The van der Waals surface area contributed by atoms with Gasteiger partial charge in [-0.15, -0.1) is 0 Å². The Balaban J connectivity index is 3.35. The third-order valence-electron chi connectivity index (χ3n) is 1.71. The van der Waals surface area contributed by atoms with Gasteiger partial charge in [-0.05, 0) is 11.6 Å². The van der Waals surface area contributed by atoms with Gasteiger partial charge in [-0.3, -0.25) is 0 Å². The van der Waals surface area contributed by atoms with Crippen LogP contribution in [-0.4, -0.2) is 13.1 Å². The zero-order valence-electron chi connectivity index (χ0n) is 7.31. The van der Waals surface area contributed by atoms with Crippen molar-refractivity contribution in [3.05, 3.63) is 33.3 Å². The van der Waals surface area contributed by atoms with Crippen molar-refractivity contribution in [2.75, 3.05) is 7.11 Å². The zero-order chi connectivity index (χ0) is 10.7. The molecule has 0 bridgehead atoms. The molecule has 0 spiro atoms. The summed E-state index contributed by atoms with van der Waals surface area (Å²) < 4.78 is 4.61. The summed E-state index contributed by atoms with van der Waals surface area (Å²) in [6, 6.07) is 3.38. The fourth-order valence-electron chi connectivity index (χ4n) is 1.02. The van der Waals surface area contributed by atoms with Gasteiger partial charge in [0, 0.05) is 5.33 Å². The molecule has 0 fully saturated rings. The molecule has 0 atom stereocenters. The first-order valence-corrected chi connectivity index (χ1v) is 5.60. The largest absolute Gasteiger partial charge is 0.465 e. The number of carbonyl (C=O) groups is 1. The number of ether oxygens (including phenoxy) is 1. The van der Waals surface area contributed by atoms with E-state index < -0.39 is 5.97 Å². The molecule has 0 unspecified atom stereocenters. The zero-order valence-corrected chi connectivity index (χ0v) is 10.4. The van der Waals surface area contributed by atoms with Crippen LogP contribution < -0.4 is 0 Å². The van der Waals surface area contributed by atoms with Gasteiger partial charge in [-0.2, -0.15) is 0 Å². The normalized spacial score (nSPS) is 10.0. The molecule has 76 valence electrons. The van der Waals surface area contributed by atoms with Crippen LogP contribution in [0.4, 0.5) is 0 Å². The van der Waals surface area contributed by atoms with Crippen LogP contribution in [0.15, 0.2) is 12.1 Å². The highest BCUT2D eigenvalue weighted by atomic mass is 79.9. The van der Waals surface area contributed by atoms with E-state index in [4.69, 9.17) is 23.2 Å². The Bertz CT molecular complexity index is 366. The van der Waals surface area contributed by atoms with E-state index >= 15 is 0 Å². The van der Waals surface area contributed by atoms with Crippen molar-refractivity contribution >= 4 is 45.1 Å². The molecule has 0 heterocycles. The number of hydrogen-bond acceptors (Lipinski definition) is 2. The number of alkyl halides is 1. The topological polar surface area (TPSA) is 26.3 Å². The maximum atomic E-state index is 11.4. The lowest BCUT2D eigenvalue weighted by Crippen LogP contribution is -2.06. The van der Waals surface area contributed by atoms with Crippen LogP contribution in [0.25, 0.3) is 0 Å². The summed E-state index contributed by atoms with van der Waals surface area (Å²) in [5.41, 5.74) is 1.07. The van der Waals surface area contributed by atoms with Gasteiger partial charge < -0.3 is 4.74 Å². The fraction of sp³-hybridized carbons (Fsp3) is 0.222. The Labute approximate surface area is 100 Å². The van der Waals surface area contributed by atoms with Crippen molar-refractivity contribution in [2.45, 2.75) is 5.33 Å². The maximum absolute atomic E-state index is 11.4. The molecule has 0 saturated carbocycles. The number of hydrogen-bond donors (Lipinski definition) is 0. The molecule has 0 aliphatic carbocycles. The lowest BCUT2D eigenvalue weighted by molar-refractivity contribution is 0.0600. The van der Waals surface area contributed by atoms with Crippen molar-refractivity contribution in [3.63, 3.8) is 0 Å². The first-order chi connectivity index (χ1) is 6.61. The molecule has 5 heteroatoms. The quantitative estimate of drug-likeness (QED) is 0.615. The van der Waals surface area contributed by atoms with Crippen molar-refractivity contribution in [1.82, 2.24) is 0 Å². The third kappa shape index (κ3) is 2.22. The highest BCUT2D eigenvalue weighted by molar-refractivity contribution is 9.08. The minimum absolute atomic E-state index is 0.232. The van der Waals surface area contributed by atoms with E-state index in [-0.39, 0.29) is 5.02 Å². The molecule has 0 amide bonds. The first kappa shape index (κ1) is 11.8. The summed E-state index contributed by atoms with van der Waals surface area (Å²) in [5, 5.41) is 1.10. The van der Waals surface area contributed by atoms with Crippen molar-refractivity contribution in [2.24, 2.45) is 0 Å². The van der Waals surface area contributed by atoms with Gasteiger partial charge in [0.15, 0.2) is 0 Å². The molecule has 1 rings (SSSR count). The van der Waals surface area contributed by atoms with Gasteiger partial charge in [-0.25, -0.2) is 4.79 Å². The van der Waals surface area contributed by atoms with Gasteiger partial charge in [-0.1, -0.05) is 45.2 Å². The van der Waals surface area contributed by atoms with Crippen molar-refractivity contribution < 1.29 is 9.53 Å². The van der Waals surface area contributed by atoms with E-state index in [2.05, 4.69) is 20.7 Å². The van der Waals surface area contributed by atoms with Crippen LogP contribution >= 0.6 is 39.1 Å². The average molecular weight is 298 g/mol.